The zero-order chi connectivity index (χ0) is 14.0. The van der Waals surface area contributed by atoms with E-state index in [4.69, 9.17) is 4.74 Å². The van der Waals surface area contributed by atoms with Gasteiger partial charge in [0.1, 0.15) is 5.60 Å². The van der Waals surface area contributed by atoms with Crippen LogP contribution in [0.15, 0.2) is 17.8 Å². The summed E-state index contributed by atoms with van der Waals surface area (Å²) in [7, 11) is 0. The summed E-state index contributed by atoms with van der Waals surface area (Å²) in [5.41, 5.74) is 2.23. The molecule has 2 rings (SSSR count). The maximum absolute atomic E-state index is 12.3. The topological polar surface area (TPSA) is 42.4 Å². The maximum atomic E-state index is 12.3. The molecule has 1 aliphatic rings. The van der Waals surface area contributed by atoms with Crippen molar-refractivity contribution in [2.24, 2.45) is 5.92 Å². The lowest BCUT2D eigenvalue weighted by Crippen LogP contribution is -2.39. The molecule has 1 amide bonds. The third-order valence-electron chi connectivity index (χ3n) is 2.80. The molecule has 4 nitrogen and oxygen atoms in total. The van der Waals surface area contributed by atoms with Gasteiger partial charge in [0, 0.05) is 12.7 Å². The number of allylic oxidation sites excluding steroid dienone is 1. The molecular weight excluding hydrogens is 260 g/mol. The molecule has 0 aliphatic carbocycles. The minimum Gasteiger partial charge on any atom is -0.443 e. The quantitative estimate of drug-likeness (QED) is 0.786. The van der Waals surface area contributed by atoms with Gasteiger partial charge in [-0.1, -0.05) is 13.0 Å². The third-order valence-corrected chi connectivity index (χ3v) is 3.59. The molecule has 0 saturated heterocycles. The number of nitrogens with zero attached hydrogens (tertiary/aromatic N) is 2. The number of hydrogen-bond donors (Lipinski definition) is 0. The lowest BCUT2D eigenvalue weighted by molar-refractivity contribution is 0.0328. The fourth-order valence-electron chi connectivity index (χ4n) is 1.97. The molecular formula is C14H20N2O2S. The standard InChI is InChI=1S/C14H20N2O2S/c1-10-5-6-11(12-7-15-9-19-12)16(8-10)13(17)18-14(2,3)4/h6-7,9-10H,5,8H2,1-4H3. The van der Waals surface area contributed by atoms with Crippen LogP contribution in [0, 0.1) is 5.92 Å². The number of carbonyl (C=O) groups excluding carboxylic acids is 1. The van der Waals surface area contributed by atoms with Crippen LogP contribution in [0.4, 0.5) is 4.79 Å². The second-order valence-corrected chi connectivity index (χ2v) is 6.77. The number of rotatable bonds is 1. The Morgan fingerprint density at radius 3 is 2.84 bits per heavy atom. The normalized spacial score (nSPS) is 20.1. The monoisotopic (exact) mass is 280 g/mol. The van der Waals surface area contributed by atoms with Crippen LogP contribution in [-0.4, -0.2) is 28.1 Å². The number of ether oxygens (including phenoxy) is 1. The second-order valence-electron chi connectivity index (χ2n) is 5.89. The van der Waals surface area contributed by atoms with Gasteiger partial charge in [-0.2, -0.15) is 0 Å². The zero-order valence-electron chi connectivity index (χ0n) is 11.8. The fraction of sp³-hybridized carbons (Fsp3) is 0.571. The predicted molar refractivity (Wildman–Crippen MR) is 76.8 cm³/mol. The van der Waals surface area contributed by atoms with Crippen LogP contribution in [0.3, 0.4) is 0 Å². The molecule has 1 aromatic heterocycles. The number of hydrogen-bond acceptors (Lipinski definition) is 4. The van der Waals surface area contributed by atoms with Gasteiger partial charge in [-0.3, -0.25) is 9.88 Å². The van der Waals surface area contributed by atoms with Gasteiger partial charge >= 0.3 is 6.09 Å². The Morgan fingerprint density at radius 2 is 2.26 bits per heavy atom. The Morgan fingerprint density at radius 1 is 1.53 bits per heavy atom. The van der Waals surface area contributed by atoms with Crippen molar-refractivity contribution in [1.29, 1.82) is 0 Å². The van der Waals surface area contributed by atoms with Crippen molar-refractivity contribution >= 4 is 23.1 Å². The van der Waals surface area contributed by atoms with Crippen molar-refractivity contribution < 1.29 is 9.53 Å². The van der Waals surface area contributed by atoms with Gasteiger partial charge in [0.2, 0.25) is 0 Å². The van der Waals surface area contributed by atoms with Gasteiger partial charge in [0.15, 0.2) is 0 Å². The molecule has 1 aromatic rings. The van der Waals surface area contributed by atoms with Gasteiger partial charge in [0.25, 0.3) is 0 Å². The average molecular weight is 280 g/mol. The van der Waals surface area contributed by atoms with E-state index in [0.29, 0.717) is 12.5 Å². The summed E-state index contributed by atoms with van der Waals surface area (Å²) in [6, 6.07) is 0. The highest BCUT2D eigenvalue weighted by molar-refractivity contribution is 7.10. The molecule has 1 atom stereocenters. The van der Waals surface area contributed by atoms with E-state index < -0.39 is 5.60 Å². The molecule has 2 heterocycles. The Kier molecular flexibility index (Phi) is 3.94. The zero-order valence-corrected chi connectivity index (χ0v) is 12.7. The number of carbonyl (C=O) groups is 1. The summed E-state index contributed by atoms with van der Waals surface area (Å²) in [5, 5.41) is 0. The van der Waals surface area contributed by atoms with Crippen molar-refractivity contribution in [3.05, 3.63) is 22.7 Å². The van der Waals surface area contributed by atoms with E-state index in [-0.39, 0.29) is 6.09 Å². The largest absolute Gasteiger partial charge is 0.443 e. The van der Waals surface area contributed by atoms with Crippen LogP contribution in [0.1, 0.15) is 39.0 Å². The summed E-state index contributed by atoms with van der Waals surface area (Å²) in [6.45, 7) is 8.48. The Hall–Kier alpha value is -1.36. The highest BCUT2D eigenvalue weighted by Crippen LogP contribution is 2.30. The van der Waals surface area contributed by atoms with E-state index in [1.807, 2.05) is 20.8 Å². The third kappa shape index (κ3) is 3.56. The van der Waals surface area contributed by atoms with Crippen LogP contribution in [0.2, 0.25) is 0 Å². The summed E-state index contributed by atoms with van der Waals surface area (Å²) in [5.74, 6) is 0.448. The Balaban J connectivity index is 2.23. The van der Waals surface area contributed by atoms with Crippen LogP contribution in [0.25, 0.3) is 5.70 Å². The van der Waals surface area contributed by atoms with E-state index >= 15 is 0 Å². The van der Waals surface area contributed by atoms with E-state index in [1.54, 1.807) is 27.9 Å². The molecule has 1 aliphatic heterocycles. The van der Waals surface area contributed by atoms with Crippen LogP contribution in [0.5, 0.6) is 0 Å². The van der Waals surface area contributed by atoms with E-state index in [9.17, 15) is 4.79 Å². The average Bonchev–Trinajstić information content (AvgIpc) is 2.80. The molecule has 0 saturated carbocycles. The van der Waals surface area contributed by atoms with Crippen LogP contribution < -0.4 is 0 Å². The van der Waals surface area contributed by atoms with Gasteiger partial charge in [-0.25, -0.2) is 4.79 Å². The summed E-state index contributed by atoms with van der Waals surface area (Å²) in [6.07, 6.45) is 4.60. The molecule has 0 bridgehead atoms. The molecule has 0 spiro atoms. The Labute approximate surface area is 118 Å². The van der Waals surface area contributed by atoms with Crippen molar-refractivity contribution in [2.75, 3.05) is 6.54 Å². The van der Waals surface area contributed by atoms with Crippen molar-refractivity contribution in [3.8, 4) is 0 Å². The lowest BCUT2D eigenvalue weighted by atomic mass is 10.0. The first-order valence-electron chi connectivity index (χ1n) is 6.46. The van der Waals surface area contributed by atoms with E-state index in [1.165, 1.54) is 0 Å². The van der Waals surface area contributed by atoms with Gasteiger partial charge < -0.3 is 4.74 Å². The maximum Gasteiger partial charge on any atom is 0.414 e. The summed E-state index contributed by atoms with van der Waals surface area (Å²) >= 11 is 1.54. The van der Waals surface area contributed by atoms with Crippen LogP contribution in [-0.2, 0) is 4.74 Å². The minimum atomic E-state index is -0.476. The first kappa shape index (κ1) is 14.1. The van der Waals surface area contributed by atoms with Crippen molar-refractivity contribution in [3.63, 3.8) is 0 Å². The molecule has 0 fully saturated rings. The first-order chi connectivity index (χ1) is 8.87. The highest BCUT2D eigenvalue weighted by atomic mass is 32.1. The van der Waals surface area contributed by atoms with Gasteiger partial charge in [-0.15, -0.1) is 11.3 Å². The highest BCUT2D eigenvalue weighted by Gasteiger charge is 2.29. The number of thiazole rings is 1. The van der Waals surface area contributed by atoms with E-state index in [0.717, 1.165) is 17.0 Å². The molecule has 104 valence electrons. The van der Waals surface area contributed by atoms with Crippen molar-refractivity contribution in [2.45, 2.75) is 39.7 Å². The van der Waals surface area contributed by atoms with Crippen molar-refractivity contribution in [1.82, 2.24) is 9.88 Å². The number of amides is 1. The second kappa shape index (κ2) is 5.33. The Bertz CT molecular complexity index is 474. The molecule has 0 N–H and O–H groups in total. The predicted octanol–water partition coefficient (Wildman–Crippen LogP) is 3.76. The first-order valence-corrected chi connectivity index (χ1v) is 7.34. The molecule has 1 unspecified atom stereocenters. The minimum absolute atomic E-state index is 0.279. The number of aromatic nitrogens is 1. The SMILES string of the molecule is CC1CC=C(c2cncs2)N(C(=O)OC(C)(C)C)C1. The van der Waals surface area contributed by atoms with Crippen LogP contribution >= 0.6 is 11.3 Å². The van der Waals surface area contributed by atoms with Gasteiger partial charge in [-0.05, 0) is 33.1 Å². The lowest BCUT2D eigenvalue weighted by Gasteiger charge is -2.33. The molecule has 0 radical (unpaired) electrons. The molecule has 19 heavy (non-hydrogen) atoms. The molecule has 0 aromatic carbocycles. The summed E-state index contributed by atoms with van der Waals surface area (Å²) < 4.78 is 5.48. The van der Waals surface area contributed by atoms with E-state index in [2.05, 4.69) is 18.0 Å². The smallest absolute Gasteiger partial charge is 0.414 e. The fourth-order valence-corrected chi connectivity index (χ4v) is 2.64. The molecule has 5 heteroatoms. The van der Waals surface area contributed by atoms with Gasteiger partial charge in [0.05, 0.1) is 16.1 Å². The summed E-state index contributed by atoms with van der Waals surface area (Å²) in [4.78, 5) is 19.1.